The molecule has 4 atom stereocenters. The zero-order valence-corrected chi connectivity index (χ0v) is 17.3. The summed E-state index contributed by atoms with van der Waals surface area (Å²) in [5, 5.41) is 14.7. The van der Waals surface area contributed by atoms with Crippen molar-refractivity contribution in [1.29, 1.82) is 0 Å². The number of nitrogens with one attached hydrogen (secondary N) is 2. The van der Waals surface area contributed by atoms with Gasteiger partial charge in [-0.1, -0.05) is 50.0 Å². The molecular formula is C22H31N5O2. The van der Waals surface area contributed by atoms with Gasteiger partial charge in [0.1, 0.15) is 12.4 Å². The highest BCUT2D eigenvalue weighted by Gasteiger charge is 2.39. The lowest BCUT2D eigenvalue weighted by Crippen LogP contribution is -2.46. The molecule has 1 heterocycles. The van der Waals surface area contributed by atoms with Crippen LogP contribution < -0.4 is 15.4 Å². The van der Waals surface area contributed by atoms with Crippen molar-refractivity contribution in [3.63, 3.8) is 0 Å². The Morgan fingerprint density at radius 3 is 2.62 bits per heavy atom. The highest BCUT2D eigenvalue weighted by Crippen LogP contribution is 2.47. The van der Waals surface area contributed by atoms with Gasteiger partial charge < -0.3 is 15.4 Å². The molecule has 2 fully saturated rings. The van der Waals surface area contributed by atoms with Crippen LogP contribution in [-0.2, 0) is 0 Å². The number of aromatic nitrogens is 3. The lowest BCUT2D eigenvalue weighted by molar-refractivity contribution is 0.217. The predicted octanol–water partition coefficient (Wildman–Crippen LogP) is 3.65. The summed E-state index contributed by atoms with van der Waals surface area (Å²) in [6.07, 6.45) is 5.83. The van der Waals surface area contributed by atoms with Gasteiger partial charge in [-0.05, 0) is 43.2 Å². The Morgan fingerprint density at radius 2 is 1.90 bits per heavy atom. The van der Waals surface area contributed by atoms with Gasteiger partial charge in [0.15, 0.2) is 0 Å². The van der Waals surface area contributed by atoms with Gasteiger partial charge in [0.25, 0.3) is 0 Å². The van der Waals surface area contributed by atoms with Crippen LogP contribution >= 0.6 is 0 Å². The van der Waals surface area contributed by atoms with E-state index in [1.807, 2.05) is 34.9 Å². The second kappa shape index (κ2) is 8.84. The second-order valence-corrected chi connectivity index (χ2v) is 8.45. The first kappa shape index (κ1) is 19.7. The Kier molecular flexibility index (Phi) is 6.02. The van der Waals surface area contributed by atoms with E-state index >= 15 is 0 Å². The molecule has 2 aromatic rings. The van der Waals surface area contributed by atoms with Crippen molar-refractivity contribution in [2.75, 3.05) is 13.2 Å². The molecule has 0 spiro atoms. The van der Waals surface area contributed by atoms with Crippen LogP contribution in [0.5, 0.6) is 6.01 Å². The fourth-order valence-electron chi connectivity index (χ4n) is 4.17. The number of hydrogen-bond acceptors (Lipinski definition) is 4. The van der Waals surface area contributed by atoms with Crippen LogP contribution in [0.3, 0.4) is 0 Å². The van der Waals surface area contributed by atoms with Crippen LogP contribution in [-0.4, -0.2) is 40.0 Å². The van der Waals surface area contributed by atoms with Crippen molar-refractivity contribution < 1.29 is 9.53 Å². The van der Waals surface area contributed by atoms with Crippen LogP contribution in [0.2, 0.25) is 0 Å². The highest BCUT2D eigenvalue weighted by atomic mass is 16.5. The van der Waals surface area contributed by atoms with Crippen LogP contribution in [0.4, 0.5) is 4.79 Å². The summed E-state index contributed by atoms with van der Waals surface area (Å²) in [5.41, 5.74) is 0.999. The van der Waals surface area contributed by atoms with Crippen LogP contribution in [0.15, 0.2) is 30.3 Å². The Hall–Kier alpha value is -2.57. The molecular weight excluding hydrogens is 366 g/mol. The first-order valence-corrected chi connectivity index (χ1v) is 10.8. The van der Waals surface area contributed by atoms with Gasteiger partial charge in [-0.3, -0.25) is 0 Å². The number of urea groups is 1. The van der Waals surface area contributed by atoms with Gasteiger partial charge in [0.2, 0.25) is 0 Å². The van der Waals surface area contributed by atoms with E-state index in [0.29, 0.717) is 36.9 Å². The molecule has 0 bridgehead atoms. The van der Waals surface area contributed by atoms with Gasteiger partial charge in [-0.25, -0.2) is 9.36 Å². The largest absolute Gasteiger partial charge is 0.461 e. The maximum Gasteiger partial charge on any atom is 0.321 e. The Bertz CT molecular complexity index is 822. The van der Waals surface area contributed by atoms with Gasteiger partial charge in [0.05, 0.1) is 12.2 Å². The summed E-state index contributed by atoms with van der Waals surface area (Å²) >= 11 is 0. The summed E-state index contributed by atoms with van der Waals surface area (Å²) < 4.78 is 7.89. The molecule has 4 unspecified atom stereocenters. The van der Waals surface area contributed by atoms with Crippen molar-refractivity contribution in [2.45, 2.75) is 57.9 Å². The SMILES string of the molecule is CC1CCCCC1NC(=O)NCCOc1nnc(C2CC2C)n1-c1ccccc1. The third-order valence-corrected chi connectivity index (χ3v) is 6.16. The summed E-state index contributed by atoms with van der Waals surface area (Å²) in [7, 11) is 0. The molecule has 0 saturated heterocycles. The molecule has 1 aromatic heterocycles. The molecule has 156 valence electrons. The molecule has 7 nitrogen and oxygen atoms in total. The smallest absolute Gasteiger partial charge is 0.321 e. The summed E-state index contributed by atoms with van der Waals surface area (Å²) in [4.78, 5) is 12.2. The van der Waals surface area contributed by atoms with E-state index in [-0.39, 0.29) is 12.1 Å². The van der Waals surface area contributed by atoms with Crippen molar-refractivity contribution in [3.8, 4) is 11.7 Å². The highest BCUT2D eigenvalue weighted by molar-refractivity contribution is 5.74. The molecule has 0 aliphatic heterocycles. The van der Waals surface area contributed by atoms with Crippen molar-refractivity contribution in [2.24, 2.45) is 11.8 Å². The van der Waals surface area contributed by atoms with Crippen molar-refractivity contribution in [3.05, 3.63) is 36.2 Å². The number of ether oxygens (including phenoxy) is 1. The number of rotatable bonds is 7. The normalized spacial score (nSPS) is 26.0. The molecule has 4 rings (SSSR count). The molecule has 29 heavy (non-hydrogen) atoms. The number of carbonyl (C=O) groups is 1. The van der Waals surface area contributed by atoms with E-state index in [4.69, 9.17) is 4.74 Å². The quantitative estimate of drug-likeness (QED) is 0.699. The monoisotopic (exact) mass is 397 g/mol. The number of carbonyl (C=O) groups excluding carboxylic acids is 1. The van der Waals surface area contributed by atoms with Gasteiger partial charge >= 0.3 is 12.0 Å². The summed E-state index contributed by atoms with van der Waals surface area (Å²) in [6, 6.07) is 10.7. The lowest BCUT2D eigenvalue weighted by atomic mass is 9.86. The predicted molar refractivity (Wildman–Crippen MR) is 111 cm³/mol. The van der Waals surface area contributed by atoms with E-state index in [1.165, 1.54) is 19.3 Å². The van der Waals surface area contributed by atoms with E-state index in [2.05, 4.69) is 34.7 Å². The van der Waals surface area contributed by atoms with Crippen LogP contribution in [0.25, 0.3) is 5.69 Å². The van der Waals surface area contributed by atoms with Crippen molar-refractivity contribution in [1.82, 2.24) is 25.4 Å². The lowest BCUT2D eigenvalue weighted by Gasteiger charge is -2.29. The molecule has 2 aliphatic carbocycles. The van der Waals surface area contributed by atoms with Gasteiger partial charge in [0, 0.05) is 12.0 Å². The van der Waals surface area contributed by atoms with Gasteiger partial charge in [-0.2, -0.15) is 0 Å². The third-order valence-electron chi connectivity index (χ3n) is 6.16. The Labute approximate surface area is 172 Å². The van der Waals surface area contributed by atoms with Crippen molar-refractivity contribution >= 4 is 6.03 Å². The first-order valence-electron chi connectivity index (χ1n) is 10.8. The number of nitrogens with zero attached hydrogens (tertiary/aromatic N) is 3. The molecule has 7 heteroatoms. The minimum Gasteiger partial charge on any atom is -0.461 e. The number of amides is 2. The molecule has 2 saturated carbocycles. The summed E-state index contributed by atoms with van der Waals surface area (Å²) in [6.45, 7) is 5.20. The fraction of sp³-hybridized carbons (Fsp3) is 0.591. The Balaban J connectivity index is 1.32. The topological polar surface area (TPSA) is 81.1 Å². The number of benzene rings is 1. The van der Waals surface area contributed by atoms with E-state index in [0.717, 1.165) is 24.4 Å². The van der Waals surface area contributed by atoms with Gasteiger partial charge in [-0.15, -0.1) is 5.10 Å². The van der Waals surface area contributed by atoms with Crippen LogP contribution in [0.1, 0.15) is 57.7 Å². The zero-order chi connectivity index (χ0) is 20.2. The zero-order valence-electron chi connectivity index (χ0n) is 17.3. The summed E-state index contributed by atoms with van der Waals surface area (Å²) in [5.74, 6) is 2.55. The minimum absolute atomic E-state index is 0.121. The number of para-hydroxylation sites is 1. The van der Waals surface area contributed by atoms with Crippen LogP contribution in [0, 0.1) is 11.8 Å². The maximum atomic E-state index is 12.2. The third kappa shape index (κ3) is 4.71. The molecule has 2 amide bonds. The van der Waals surface area contributed by atoms with E-state index in [9.17, 15) is 4.79 Å². The molecule has 2 N–H and O–H groups in total. The average Bonchev–Trinajstić information content (AvgIpc) is 3.30. The Morgan fingerprint density at radius 1 is 1.14 bits per heavy atom. The first-order chi connectivity index (χ1) is 14.1. The van der Waals surface area contributed by atoms with E-state index < -0.39 is 0 Å². The molecule has 2 aliphatic rings. The second-order valence-electron chi connectivity index (χ2n) is 8.45. The molecule has 0 radical (unpaired) electrons. The fourth-order valence-corrected chi connectivity index (χ4v) is 4.17. The minimum atomic E-state index is -0.121. The standard InChI is InChI=1S/C22H31N5O2/c1-15-8-6-7-11-19(15)24-21(28)23-12-13-29-22-26-25-20(18-14-16(18)2)27(22)17-9-4-3-5-10-17/h3-5,9-10,15-16,18-19H,6-8,11-14H2,1-2H3,(H2,23,24,28). The average molecular weight is 398 g/mol. The number of hydrogen-bond donors (Lipinski definition) is 2. The maximum absolute atomic E-state index is 12.2. The molecule has 1 aromatic carbocycles. The van der Waals surface area contributed by atoms with E-state index in [1.54, 1.807) is 0 Å².